The van der Waals surface area contributed by atoms with E-state index in [-0.39, 0.29) is 30.1 Å². The molecule has 1 saturated heterocycles. The monoisotopic (exact) mass is 336 g/mol. The topological polar surface area (TPSA) is 49.9 Å². The number of hydrogen-bond acceptors (Lipinski definition) is 3. The summed E-state index contributed by atoms with van der Waals surface area (Å²) >= 11 is 0. The van der Waals surface area contributed by atoms with E-state index >= 15 is 0 Å². The Kier molecular flexibility index (Phi) is 6.58. The number of ether oxygens (including phenoxy) is 1. The molecule has 1 fully saturated rings. The Morgan fingerprint density at radius 1 is 1.08 bits per heavy atom. The van der Waals surface area contributed by atoms with Gasteiger partial charge in [0.15, 0.2) is 18.2 Å². The highest BCUT2D eigenvalue weighted by Gasteiger charge is 2.27. The zero-order chi connectivity index (χ0) is 17.5. The van der Waals surface area contributed by atoms with Crippen molar-refractivity contribution in [3.8, 4) is 5.75 Å². The molecule has 1 aromatic rings. The summed E-state index contributed by atoms with van der Waals surface area (Å²) in [5.41, 5.74) is 0. The summed E-state index contributed by atoms with van der Waals surface area (Å²) in [6.07, 6.45) is 1.68. The molecule has 0 radical (unpaired) electrons. The second-order valence-electron chi connectivity index (χ2n) is 5.94. The molecule has 0 saturated carbocycles. The lowest BCUT2D eigenvalue weighted by Gasteiger charge is -2.36. The lowest BCUT2D eigenvalue weighted by Crippen LogP contribution is -2.52. The van der Waals surface area contributed by atoms with Gasteiger partial charge in [-0.1, -0.05) is 26.0 Å². The van der Waals surface area contributed by atoms with E-state index in [2.05, 4.69) is 0 Å². The van der Waals surface area contributed by atoms with Crippen LogP contribution in [0.2, 0.25) is 0 Å². The van der Waals surface area contributed by atoms with Gasteiger partial charge in [-0.2, -0.15) is 0 Å². The van der Waals surface area contributed by atoms with E-state index in [9.17, 15) is 14.0 Å². The van der Waals surface area contributed by atoms with E-state index in [1.807, 2.05) is 18.7 Å². The second kappa shape index (κ2) is 8.66. The van der Waals surface area contributed by atoms with Crippen LogP contribution < -0.4 is 4.74 Å². The fourth-order valence-corrected chi connectivity index (χ4v) is 2.86. The first-order chi connectivity index (χ1) is 11.6. The van der Waals surface area contributed by atoms with Crippen LogP contribution in [0.3, 0.4) is 0 Å². The number of rotatable bonds is 6. The molecule has 5 nitrogen and oxygen atoms in total. The minimum Gasteiger partial charge on any atom is -0.481 e. The SMILES string of the molecule is CCC(CC)C(=O)N1CCN(C(=O)COc2ccccc2F)CC1. The summed E-state index contributed by atoms with van der Waals surface area (Å²) in [4.78, 5) is 28.0. The van der Waals surface area contributed by atoms with E-state index < -0.39 is 5.82 Å². The highest BCUT2D eigenvalue weighted by molar-refractivity contribution is 5.80. The molecule has 1 aromatic carbocycles. The smallest absolute Gasteiger partial charge is 0.260 e. The summed E-state index contributed by atoms with van der Waals surface area (Å²) in [6.45, 7) is 5.91. The van der Waals surface area contributed by atoms with Crippen molar-refractivity contribution in [1.82, 2.24) is 9.80 Å². The summed E-state index contributed by atoms with van der Waals surface area (Å²) in [5.74, 6) is -0.349. The molecular weight excluding hydrogens is 311 g/mol. The Morgan fingerprint density at radius 2 is 1.67 bits per heavy atom. The molecule has 24 heavy (non-hydrogen) atoms. The van der Waals surface area contributed by atoms with E-state index in [1.54, 1.807) is 17.0 Å². The zero-order valence-corrected chi connectivity index (χ0v) is 14.3. The predicted octanol–water partition coefficient (Wildman–Crippen LogP) is 2.31. The molecule has 0 spiro atoms. The minimum absolute atomic E-state index is 0.0663. The molecule has 0 unspecified atom stereocenters. The Labute approximate surface area is 142 Å². The fraction of sp³-hybridized carbons (Fsp3) is 0.556. The summed E-state index contributed by atoms with van der Waals surface area (Å²) in [7, 11) is 0. The van der Waals surface area contributed by atoms with E-state index in [0.29, 0.717) is 26.2 Å². The van der Waals surface area contributed by atoms with Crippen molar-refractivity contribution in [3.05, 3.63) is 30.1 Å². The molecule has 0 aliphatic carbocycles. The maximum atomic E-state index is 13.5. The van der Waals surface area contributed by atoms with Gasteiger partial charge in [0.25, 0.3) is 5.91 Å². The van der Waals surface area contributed by atoms with Crippen LogP contribution in [0.5, 0.6) is 5.75 Å². The van der Waals surface area contributed by atoms with Gasteiger partial charge in [-0.25, -0.2) is 4.39 Å². The van der Waals surface area contributed by atoms with Crippen molar-refractivity contribution in [3.63, 3.8) is 0 Å². The van der Waals surface area contributed by atoms with Crippen LogP contribution >= 0.6 is 0 Å². The molecule has 2 amide bonds. The molecule has 0 N–H and O–H groups in total. The number of carbonyl (C=O) groups excluding carboxylic acids is 2. The number of benzene rings is 1. The number of nitrogens with zero attached hydrogens (tertiary/aromatic N) is 2. The van der Waals surface area contributed by atoms with Crippen molar-refractivity contribution < 1.29 is 18.7 Å². The van der Waals surface area contributed by atoms with E-state index in [4.69, 9.17) is 4.74 Å². The van der Waals surface area contributed by atoms with Crippen molar-refractivity contribution >= 4 is 11.8 Å². The number of para-hydroxylation sites is 1. The third kappa shape index (κ3) is 4.46. The first kappa shape index (κ1) is 18.2. The third-order valence-corrected chi connectivity index (χ3v) is 4.47. The van der Waals surface area contributed by atoms with Gasteiger partial charge in [-0.05, 0) is 25.0 Å². The standard InChI is InChI=1S/C18H25FN2O3/c1-3-14(4-2)18(23)21-11-9-20(10-12-21)17(22)13-24-16-8-6-5-7-15(16)19/h5-8,14H,3-4,9-13H2,1-2H3. The van der Waals surface area contributed by atoms with Gasteiger partial charge in [0.05, 0.1) is 0 Å². The Hall–Kier alpha value is -2.11. The van der Waals surface area contributed by atoms with Gasteiger partial charge in [0.1, 0.15) is 0 Å². The molecule has 0 bridgehead atoms. The Morgan fingerprint density at radius 3 is 2.25 bits per heavy atom. The van der Waals surface area contributed by atoms with Crippen molar-refractivity contribution in [2.75, 3.05) is 32.8 Å². The maximum Gasteiger partial charge on any atom is 0.260 e. The molecule has 2 rings (SSSR count). The largest absolute Gasteiger partial charge is 0.481 e. The van der Waals surface area contributed by atoms with Gasteiger partial charge in [0.2, 0.25) is 5.91 Å². The van der Waals surface area contributed by atoms with E-state index in [1.165, 1.54) is 12.1 Å². The van der Waals surface area contributed by atoms with E-state index in [0.717, 1.165) is 12.8 Å². The number of piperazine rings is 1. The summed E-state index contributed by atoms with van der Waals surface area (Å²) < 4.78 is 18.7. The van der Waals surface area contributed by atoms with Crippen LogP contribution in [-0.4, -0.2) is 54.4 Å². The molecular formula is C18H25FN2O3. The fourth-order valence-electron chi connectivity index (χ4n) is 2.86. The molecule has 0 aromatic heterocycles. The first-order valence-electron chi connectivity index (χ1n) is 8.50. The van der Waals surface area contributed by atoms with Crippen LogP contribution in [0.25, 0.3) is 0 Å². The lowest BCUT2D eigenvalue weighted by molar-refractivity contribution is -0.143. The van der Waals surface area contributed by atoms with Gasteiger partial charge in [-0.15, -0.1) is 0 Å². The highest BCUT2D eigenvalue weighted by Crippen LogP contribution is 2.16. The van der Waals surface area contributed by atoms with Crippen LogP contribution in [0.15, 0.2) is 24.3 Å². The average molecular weight is 336 g/mol. The lowest BCUT2D eigenvalue weighted by atomic mass is 10.0. The van der Waals surface area contributed by atoms with Crippen LogP contribution in [-0.2, 0) is 9.59 Å². The summed E-state index contributed by atoms with van der Waals surface area (Å²) in [5, 5.41) is 0. The number of halogens is 1. The quantitative estimate of drug-likeness (QED) is 0.801. The molecule has 1 aliphatic heterocycles. The van der Waals surface area contributed by atoms with Gasteiger partial charge in [0, 0.05) is 32.1 Å². The Bertz CT molecular complexity index is 567. The number of hydrogen-bond donors (Lipinski definition) is 0. The maximum absolute atomic E-state index is 13.5. The second-order valence-corrected chi connectivity index (χ2v) is 5.94. The van der Waals surface area contributed by atoms with Crippen LogP contribution in [0.1, 0.15) is 26.7 Å². The number of amides is 2. The molecule has 0 atom stereocenters. The normalized spacial score (nSPS) is 14.8. The van der Waals surface area contributed by atoms with Gasteiger partial charge in [-0.3, -0.25) is 9.59 Å². The van der Waals surface area contributed by atoms with Crippen molar-refractivity contribution in [2.24, 2.45) is 5.92 Å². The molecule has 6 heteroatoms. The Balaban J connectivity index is 1.80. The summed E-state index contributed by atoms with van der Waals surface area (Å²) in [6, 6.07) is 6.02. The minimum atomic E-state index is -0.481. The van der Waals surface area contributed by atoms with Crippen molar-refractivity contribution in [2.45, 2.75) is 26.7 Å². The van der Waals surface area contributed by atoms with Crippen molar-refractivity contribution in [1.29, 1.82) is 0 Å². The molecule has 132 valence electrons. The highest BCUT2D eigenvalue weighted by atomic mass is 19.1. The van der Waals surface area contributed by atoms with Gasteiger partial charge >= 0.3 is 0 Å². The average Bonchev–Trinajstić information content (AvgIpc) is 2.62. The molecule has 1 aliphatic rings. The predicted molar refractivity (Wildman–Crippen MR) is 89.1 cm³/mol. The number of carbonyl (C=O) groups is 2. The third-order valence-electron chi connectivity index (χ3n) is 4.47. The van der Waals surface area contributed by atoms with Crippen LogP contribution in [0.4, 0.5) is 4.39 Å². The zero-order valence-electron chi connectivity index (χ0n) is 14.3. The van der Waals surface area contributed by atoms with Gasteiger partial charge < -0.3 is 14.5 Å². The van der Waals surface area contributed by atoms with Crippen LogP contribution in [0, 0.1) is 11.7 Å². The molecule has 1 heterocycles. The first-order valence-corrected chi connectivity index (χ1v) is 8.50.